The number of amides is 1. The largest absolute Gasteiger partial charge is 0.465 e. The van der Waals surface area contributed by atoms with Gasteiger partial charge in [0.05, 0.1) is 23.8 Å². The number of aromatic nitrogens is 1. The molecular weight excluding hydrogens is 474 g/mol. The predicted molar refractivity (Wildman–Crippen MR) is 129 cm³/mol. The van der Waals surface area contributed by atoms with Gasteiger partial charge in [0.1, 0.15) is 9.88 Å². The number of thiazole rings is 1. The molecule has 1 fully saturated rings. The Morgan fingerprint density at radius 3 is 2.50 bits per heavy atom. The predicted octanol–water partition coefficient (Wildman–Crippen LogP) is 3.49. The lowest BCUT2D eigenvalue weighted by Crippen LogP contribution is -2.46. The van der Waals surface area contributed by atoms with E-state index in [-0.39, 0.29) is 16.8 Å². The number of nitrogens with one attached hydrogen (secondary N) is 1. The quantitative estimate of drug-likeness (QED) is 0.521. The number of rotatable bonds is 6. The van der Waals surface area contributed by atoms with Crippen LogP contribution in [0.2, 0.25) is 0 Å². The minimum absolute atomic E-state index is 0.120. The molecule has 8 nitrogen and oxygen atoms in total. The van der Waals surface area contributed by atoms with Crippen LogP contribution in [-0.2, 0) is 14.8 Å². The maximum atomic E-state index is 12.9. The Hall–Kier alpha value is -3.08. The third kappa shape index (κ3) is 5.19. The number of ether oxygens (including phenoxy) is 1. The molecular formula is C24H25N3O5S2. The zero-order valence-electron chi connectivity index (χ0n) is 18.9. The van der Waals surface area contributed by atoms with Crippen molar-refractivity contribution in [3.63, 3.8) is 0 Å². The summed E-state index contributed by atoms with van der Waals surface area (Å²) in [6.45, 7) is 2.60. The highest BCUT2D eigenvalue weighted by molar-refractivity contribution is 7.89. The van der Waals surface area contributed by atoms with Crippen molar-refractivity contribution in [2.75, 3.05) is 20.2 Å². The number of hydrogen-bond donors (Lipinski definition) is 1. The summed E-state index contributed by atoms with van der Waals surface area (Å²) in [5, 5.41) is 3.61. The molecule has 0 spiro atoms. The molecule has 1 N–H and O–H groups in total. The number of nitrogens with zero attached hydrogens (tertiary/aromatic N) is 2. The first kappa shape index (κ1) is 24.1. The highest BCUT2D eigenvalue weighted by atomic mass is 32.2. The van der Waals surface area contributed by atoms with Gasteiger partial charge in [-0.05, 0) is 44.0 Å². The molecule has 0 saturated carbocycles. The molecule has 178 valence electrons. The van der Waals surface area contributed by atoms with Crippen molar-refractivity contribution in [3.05, 3.63) is 70.7 Å². The van der Waals surface area contributed by atoms with E-state index in [0.717, 1.165) is 11.1 Å². The number of benzene rings is 2. The van der Waals surface area contributed by atoms with Gasteiger partial charge in [-0.25, -0.2) is 18.2 Å². The van der Waals surface area contributed by atoms with Gasteiger partial charge in [-0.15, -0.1) is 11.3 Å². The normalized spacial score (nSPS) is 15.1. The third-order valence-electron chi connectivity index (χ3n) is 5.71. The molecule has 1 saturated heterocycles. The smallest absolute Gasteiger partial charge is 0.337 e. The van der Waals surface area contributed by atoms with Crippen LogP contribution in [0.3, 0.4) is 0 Å². The lowest BCUT2D eigenvalue weighted by molar-refractivity contribution is 0.0600. The zero-order valence-corrected chi connectivity index (χ0v) is 20.5. The number of carbonyl (C=O) groups is 2. The van der Waals surface area contributed by atoms with Gasteiger partial charge in [0, 0.05) is 24.7 Å². The first-order chi connectivity index (χ1) is 16.3. The molecule has 3 aromatic rings. The number of hydrogen-bond acceptors (Lipinski definition) is 7. The third-order valence-corrected chi connectivity index (χ3v) is 8.67. The summed E-state index contributed by atoms with van der Waals surface area (Å²) in [6, 6.07) is 13.6. The summed E-state index contributed by atoms with van der Waals surface area (Å²) in [5.41, 5.74) is 2.14. The van der Waals surface area contributed by atoms with Crippen LogP contribution in [0.25, 0.3) is 10.6 Å². The van der Waals surface area contributed by atoms with Gasteiger partial charge in [0.2, 0.25) is 10.0 Å². The Bertz CT molecular complexity index is 1290. The van der Waals surface area contributed by atoms with Crippen LogP contribution in [0.1, 0.15) is 38.4 Å². The van der Waals surface area contributed by atoms with Gasteiger partial charge in [-0.1, -0.05) is 29.8 Å². The fourth-order valence-corrected chi connectivity index (χ4v) is 6.05. The Labute approximate surface area is 202 Å². The van der Waals surface area contributed by atoms with E-state index in [1.54, 1.807) is 42.5 Å². The molecule has 2 heterocycles. The highest BCUT2D eigenvalue weighted by Crippen LogP contribution is 2.27. The van der Waals surface area contributed by atoms with E-state index in [1.165, 1.54) is 28.9 Å². The van der Waals surface area contributed by atoms with Gasteiger partial charge in [0.25, 0.3) is 5.91 Å². The Balaban J connectivity index is 1.36. The second-order valence-corrected chi connectivity index (χ2v) is 11.0. The number of sulfonamides is 1. The maximum Gasteiger partial charge on any atom is 0.337 e. The Morgan fingerprint density at radius 2 is 1.82 bits per heavy atom. The van der Waals surface area contributed by atoms with Crippen molar-refractivity contribution in [1.82, 2.24) is 14.6 Å². The van der Waals surface area contributed by atoms with Gasteiger partial charge >= 0.3 is 5.97 Å². The van der Waals surface area contributed by atoms with E-state index in [2.05, 4.69) is 10.3 Å². The van der Waals surface area contributed by atoms with Crippen LogP contribution in [0.4, 0.5) is 0 Å². The molecule has 34 heavy (non-hydrogen) atoms. The second-order valence-electron chi connectivity index (χ2n) is 8.07. The number of piperidine rings is 1. The molecule has 0 radical (unpaired) electrons. The summed E-state index contributed by atoms with van der Waals surface area (Å²) in [4.78, 5) is 29.6. The van der Waals surface area contributed by atoms with Crippen molar-refractivity contribution >= 4 is 33.2 Å². The molecule has 4 rings (SSSR count). The SMILES string of the molecule is COC(=O)c1cccc(-c2ncc(C(=O)NC3CCN(S(=O)(=O)c4ccc(C)cc4)CC3)s2)c1. The minimum atomic E-state index is -3.54. The average molecular weight is 500 g/mol. The van der Waals surface area contributed by atoms with Crippen molar-refractivity contribution in [1.29, 1.82) is 0 Å². The van der Waals surface area contributed by atoms with Crippen molar-refractivity contribution < 1.29 is 22.7 Å². The van der Waals surface area contributed by atoms with Gasteiger partial charge in [0.15, 0.2) is 0 Å². The van der Waals surface area contributed by atoms with Gasteiger partial charge in [-0.3, -0.25) is 4.79 Å². The Kier molecular flexibility index (Phi) is 7.11. The number of methoxy groups -OCH3 is 1. The fraction of sp³-hybridized carbons (Fsp3) is 0.292. The van der Waals surface area contributed by atoms with Gasteiger partial charge < -0.3 is 10.1 Å². The Morgan fingerprint density at radius 1 is 1.12 bits per heavy atom. The first-order valence-electron chi connectivity index (χ1n) is 10.8. The summed E-state index contributed by atoms with van der Waals surface area (Å²) in [5.74, 6) is -0.681. The summed E-state index contributed by atoms with van der Waals surface area (Å²) >= 11 is 1.23. The van der Waals surface area contributed by atoms with E-state index in [0.29, 0.717) is 41.4 Å². The number of esters is 1. The van der Waals surface area contributed by atoms with Crippen LogP contribution in [0.5, 0.6) is 0 Å². The summed E-state index contributed by atoms with van der Waals surface area (Å²) < 4.78 is 32.0. The van der Waals surface area contributed by atoms with E-state index in [9.17, 15) is 18.0 Å². The number of carbonyl (C=O) groups excluding carboxylic acids is 2. The minimum Gasteiger partial charge on any atom is -0.465 e. The lowest BCUT2D eigenvalue weighted by atomic mass is 10.1. The van der Waals surface area contributed by atoms with Crippen LogP contribution in [0, 0.1) is 6.92 Å². The molecule has 0 aliphatic carbocycles. The molecule has 1 aromatic heterocycles. The van der Waals surface area contributed by atoms with Crippen molar-refractivity contribution in [3.8, 4) is 10.6 Å². The molecule has 0 atom stereocenters. The number of aryl methyl sites for hydroxylation is 1. The van der Waals surface area contributed by atoms with Crippen molar-refractivity contribution in [2.45, 2.75) is 30.7 Å². The summed E-state index contributed by atoms with van der Waals surface area (Å²) in [7, 11) is -2.22. The van der Waals surface area contributed by atoms with E-state index < -0.39 is 16.0 Å². The van der Waals surface area contributed by atoms with Crippen LogP contribution in [0.15, 0.2) is 59.6 Å². The monoisotopic (exact) mass is 499 g/mol. The van der Waals surface area contributed by atoms with Crippen LogP contribution >= 0.6 is 11.3 Å². The van der Waals surface area contributed by atoms with E-state index >= 15 is 0 Å². The van der Waals surface area contributed by atoms with Crippen molar-refractivity contribution in [2.24, 2.45) is 0 Å². The standard InChI is InChI=1S/C24H25N3O5S2/c1-16-6-8-20(9-7-16)34(30,31)27-12-10-19(11-13-27)26-22(28)21-15-25-23(33-21)17-4-3-5-18(14-17)24(29)32-2/h3-9,14-15,19H,10-13H2,1-2H3,(H,26,28). The second kappa shape index (κ2) is 10.0. The zero-order chi connectivity index (χ0) is 24.3. The molecule has 2 aromatic carbocycles. The lowest BCUT2D eigenvalue weighted by Gasteiger charge is -2.31. The molecule has 10 heteroatoms. The van der Waals surface area contributed by atoms with Crippen LogP contribution in [-0.4, -0.2) is 55.8 Å². The maximum absolute atomic E-state index is 12.9. The topological polar surface area (TPSA) is 106 Å². The van der Waals surface area contributed by atoms with E-state index in [1.807, 2.05) is 13.0 Å². The molecule has 1 amide bonds. The average Bonchev–Trinajstić information content (AvgIpc) is 3.35. The first-order valence-corrected chi connectivity index (χ1v) is 13.1. The fourth-order valence-electron chi connectivity index (χ4n) is 3.77. The highest BCUT2D eigenvalue weighted by Gasteiger charge is 2.30. The summed E-state index contributed by atoms with van der Waals surface area (Å²) in [6.07, 6.45) is 2.57. The van der Waals surface area contributed by atoms with E-state index in [4.69, 9.17) is 4.74 Å². The molecule has 0 bridgehead atoms. The molecule has 0 unspecified atom stereocenters. The molecule has 1 aliphatic rings. The van der Waals surface area contributed by atoms with Gasteiger partial charge in [-0.2, -0.15) is 4.31 Å². The molecule has 1 aliphatic heterocycles. The van der Waals surface area contributed by atoms with Crippen LogP contribution < -0.4 is 5.32 Å².